The Morgan fingerprint density at radius 1 is 1.03 bits per heavy atom. The number of nitrogens with one attached hydrogen (secondary N) is 1. The molecule has 60 heavy (non-hydrogen) atoms. The largest absolute Gasteiger partial charge is 0.481 e. The third-order valence-electron chi connectivity index (χ3n) is 18.8. The van der Waals surface area contributed by atoms with Gasteiger partial charge in [-0.2, -0.15) is 4.37 Å². The second-order valence-electron chi connectivity index (χ2n) is 22.2. The number of ether oxygens (including phenoxy) is 1. The summed E-state index contributed by atoms with van der Waals surface area (Å²) in [5.41, 5.74) is 3.64. The van der Waals surface area contributed by atoms with Gasteiger partial charge in [0.25, 0.3) is 0 Å². The Balaban J connectivity index is 1.02. The van der Waals surface area contributed by atoms with Crippen molar-refractivity contribution >= 4 is 27.3 Å². The van der Waals surface area contributed by atoms with E-state index in [0.717, 1.165) is 37.2 Å². The molecule has 4 saturated carbocycles. The molecule has 10 atom stereocenters. The molecule has 1 aromatic rings. The van der Waals surface area contributed by atoms with E-state index >= 15 is 0 Å². The Hall–Kier alpha value is -2.27. The zero-order valence-corrected chi connectivity index (χ0v) is 39.5. The molecule has 0 amide bonds. The zero-order chi connectivity index (χ0) is 43.1. The average Bonchev–Trinajstić information content (AvgIpc) is 3.84. The molecule has 2 heterocycles. The molecule has 5 fully saturated rings. The van der Waals surface area contributed by atoms with Crippen molar-refractivity contribution in [1.82, 2.24) is 14.6 Å². The van der Waals surface area contributed by atoms with Crippen LogP contribution in [0.1, 0.15) is 136 Å². The summed E-state index contributed by atoms with van der Waals surface area (Å²) in [5, 5.41) is 14.8. The van der Waals surface area contributed by atoms with Crippen LogP contribution >= 0.6 is 11.5 Å². The first-order chi connectivity index (χ1) is 28.3. The van der Waals surface area contributed by atoms with Gasteiger partial charge < -0.3 is 20.1 Å². The van der Waals surface area contributed by atoms with E-state index in [1.165, 1.54) is 73.2 Å². The smallest absolute Gasteiger partial charge is 0.313 e. The summed E-state index contributed by atoms with van der Waals surface area (Å²) in [7, 11) is -2.89. The molecule has 1 aliphatic heterocycles. The lowest BCUT2D eigenvalue weighted by molar-refractivity contribution is -0.208. The van der Waals surface area contributed by atoms with Crippen molar-refractivity contribution in [3.63, 3.8) is 0 Å². The highest BCUT2D eigenvalue weighted by Crippen LogP contribution is 2.77. The van der Waals surface area contributed by atoms with E-state index < -0.39 is 21.2 Å². The molecule has 6 aliphatic carbocycles. The summed E-state index contributed by atoms with van der Waals surface area (Å²) in [4.78, 5) is 16.3. The van der Waals surface area contributed by atoms with Gasteiger partial charge in [0.2, 0.25) is 5.88 Å². The second kappa shape index (κ2) is 15.8. The molecule has 0 radical (unpaired) electrons. The lowest BCUT2D eigenvalue weighted by atomic mass is 9.32. The molecule has 8 rings (SSSR count). The molecule has 0 aromatic carbocycles. The van der Waals surface area contributed by atoms with Crippen LogP contribution < -0.4 is 10.1 Å². The maximum Gasteiger partial charge on any atom is 0.313 e. The average molecular weight is 862 g/mol. The number of hydrogen-bond donors (Lipinski definition) is 2. The molecule has 0 spiro atoms. The number of carboxylic acids is 1. The van der Waals surface area contributed by atoms with Crippen LogP contribution in [0.5, 0.6) is 5.88 Å². The van der Waals surface area contributed by atoms with Gasteiger partial charge in [-0.05, 0) is 164 Å². The van der Waals surface area contributed by atoms with Crippen LogP contribution in [0.2, 0.25) is 0 Å². The molecule has 10 heteroatoms. The van der Waals surface area contributed by atoms with Crippen LogP contribution in [0.3, 0.4) is 0 Å². The van der Waals surface area contributed by atoms with Gasteiger partial charge in [0.15, 0.2) is 9.84 Å². The van der Waals surface area contributed by atoms with Crippen molar-refractivity contribution in [2.75, 3.05) is 44.3 Å². The summed E-state index contributed by atoms with van der Waals surface area (Å²) in [5.74, 6) is 3.43. The molecule has 8 nitrogen and oxygen atoms in total. The number of aromatic nitrogens is 1. The highest BCUT2D eigenvalue weighted by molar-refractivity contribution is 7.91. The lowest BCUT2D eigenvalue weighted by Crippen LogP contribution is -2.68. The Kier molecular flexibility index (Phi) is 11.6. The van der Waals surface area contributed by atoms with Gasteiger partial charge in [-0.25, -0.2) is 8.42 Å². The fraction of sp³-hybridized carbons (Fsp3) is 0.760. The van der Waals surface area contributed by atoms with E-state index in [1.54, 1.807) is 0 Å². The van der Waals surface area contributed by atoms with Crippen molar-refractivity contribution in [3.05, 3.63) is 59.0 Å². The zero-order valence-electron chi connectivity index (χ0n) is 37.9. The number of hydrogen-bond acceptors (Lipinski definition) is 8. The normalized spacial score (nSPS) is 40.9. The van der Waals surface area contributed by atoms with Crippen molar-refractivity contribution in [3.8, 4) is 5.88 Å². The monoisotopic (exact) mass is 862 g/mol. The molecule has 0 bridgehead atoms. The number of sulfone groups is 1. The second-order valence-corrected chi connectivity index (χ2v) is 25.3. The molecule has 1 aromatic heterocycles. The minimum atomic E-state index is -2.89. The molecular formula is C50H75N3O5S2. The summed E-state index contributed by atoms with van der Waals surface area (Å²) in [6, 6.07) is 1.96. The molecular weight excluding hydrogens is 787 g/mol. The van der Waals surface area contributed by atoms with Crippen molar-refractivity contribution in [1.29, 1.82) is 0 Å². The van der Waals surface area contributed by atoms with Crippen molar-refractivity contribution in [2.24, 2.45) is 56.7 Å². The number of allylic oxidation sites excluding steroid dienone is 6. The lowest BCUT2D eigenvalue weighted by Gasteiger charge is -2.72. The summed E-state index contributed by atoms with van der Waals surface area (Å²) in [6.45, 7) is 29.5. The van der Waals surface area contributed by atoms with Gasteiger partial charge in [-0.15, -0.1) is 6.58 Å². The number of carboxylic acid groups (broad SMARTS) is 1. The van der Waals surface area contributed by atoms with Gasteiger partial charge in [0, 0.05) is 42.7 Å². The Morgan fingerprint density at radius 3 is 2.42 bits per heavy atom. The van der Waals surface area contributed by atoms with Crippen LogP contribution in [0, 0.1) is 56.7 Å². The fourth-order valence-corrected chi connectivity index (χ4v) is 17.5. The number of fused-ring (bicyclic) bond motifs is 7. The van der Waals surface area contributed by atoms with E-state index in [2.05, 4.69) is 87.9 Å². The predicted octanol–water partition coefficient (Wildman–Crippen LogP) is 10.3. The van der Waals surface area contributed by atoms with E-state index in [4.69, 9.17) is 11.3 Å². The van der Waals surface area contributed by atoms with E-state index in [1.807, 2.05) is 6.07 Å². The van der Waals surface area contributed by atoms with Crippen LogP contribution in [0.4, 0.5) is 0 Å². The quantitative estimate of drug-likeness (QED) is 0.200. The van der Waals surface area contributed by atoms with E-state index in [-0.39, 0.29) is 45.3 Å². The van der Waals surface area contributed by atoms with E-state index in [9.17, 15) is 18.3 Å². The summed E-state index contributed by atoms with van der Waals surface area (Å²) < 4.78 is 34.8. The van der Waals surface area contributed by atoms with Gasteiger partial charge in [-0.1, -0.05) is 71.9 Å². The third-order valence-corrected chi connectivity index (χ3v) is 21.5. The van der Waals surface area contributed by atoms with Crippen LogP contribution in [-0.2, 0) is 14.6 Å². The Labute approximate surface area is 366 Å². The van der Waals surface area contributed by atoms with Crippen molar-refractivity contribution in [2.45, 2.75) is 137 Å². The SMILES string of the molecule is C=C[C@@]12CC[C@@]3(NCCN4CCS(=O)(=O)CC4)CC[C@@H](C(=C)C)C3[C@H]1CCC1[C@@]3(C)CC=C(C4=CCC(COc5cc(C(C)C)sn5)(C(=O)O)CC4)C(C)(C)C3CC[C@]12C. The van der Waals surface area contributed by atoms with Crippen LogP contribution in [0.15, 0.2) is 54.2 Å². The summed E-state index contributed by atoms with van der Waals surface area (Å²) >= 11 is 1.44. The first-order valence-electron chi connectivity index (χ1n) is 23.5. The number of nitrogens with zero attached hydrogens (tertiary/aromatic N) is 2. The Bertz CT molecular complexity index is 2020. The van der Waals surface area contributed by atoms with Gasteiger partial charge in [0.1, 0.15) is 12.0 Å². The maximum absolute atomic E-state index is 12.8. The standard InChI is InChI=1S/C50H75N3O5S2/c1-10-49-23-24-50(51-25-26-53-27-29-60(56,57)30-28-53)22-15-36(33(2)3)43(50)38(49)11-12-41-46(8)18-16-37(45(6,7)40(46)17-19-47(41,49)9)35-13-20-48(21-14-35,44(54)55)32-58-42-31-39(34(4)5)59-52-42/h10,13,16,31,34,36,38,40-41,43,51H,1-2,11-12,14-15,17-30,32H2,3-9H3,(H,54,55)/t36-,38+,40?,41?,43?,46-,47+,48?,49+,50-/m0/s1. The molecule has 4 unspecified atom stereocenters. The minimum absolute atomic E-state index is 0.0212. The highest BCUT2D eigenvalue weighted by Gasteiger charge is 2.71. The van der Waals surface area contributed by atoms with Gasteiger partial charge >= 0.3 is 5.97 Å². The number of carbonyl (C=O) groups is 1. The van der Waals surface area contributed by atoms with Crippen LogP contribution in [0.25, 0.3) is 0 Å². The van der Waals surface area contributed by atoms with Gasteiger partial charge in [-0.3, -0.25) is 4.79 Å². The van der Waals surface area contributed by atoms with Gasteiger partial charge in [0.05, 0.1) is 11.5 Å². The molecule has 7 aliphatic rings. The highest BCUT2D eigenvalue weighted by atomic mass is 32.2. The summed E-state index contributed by atoms with van der Waals surface area (Å²) in [6.07, 6.45) is 19.8. The topological polar surface area (TPSA) is 109 Å². The van der Waals surface area contributed by atoms with Crippen molar-refractivity contribution < 1.29 is 23.1 Å². The molecule has 1 saturated heterocycles. The third kappa shape index (κ3) is 7.06. The number of rotatable bonds is 12. The maximum atomic E-state index is 12.8. The van der Waals surface area contributed by atoms with Crippen LogP contribution in [-0.4, -0.2) is 78.6 Å². The first-order valence-corrected chi connectivity index (χ1v) is 26.1. The predicted molar refractivity (Wildman–Crippen MR) is 244 cm³/mol. The van der Waals surface area contributed by atoms with E-state index in [0.29, 0.717) is 67.3 Å². The Morgan fingerprint density at radius 2 is 1.78 bits per heavy atom. The molecule has 332 valence electrons. The first kappa shape index (κ1) is 44.3. The number of aliphatic carboxylic acids is 1. The fourth-order valence-electron chi connectivity index (χ4n) is 15.6. The molecule has 2 N–H and O–H groups in total. The minimum Gasteiger partial charge on any atom is -0.481 e.